The molecule has 2 N–H and O–H groups in total. The Kier molecular flexibility index (Phi) is 2.87. The van der Waals surface area contributed by atoms with Gasteiger partial charge in [0.2, 0.25) is 5.91 Å². The van der Waals surface area contributed by atoms with Crippen LogP contribution in [0, 0.1) is 29.1 Å². The molecule has 1 aliphatic heterocycles. The lowest BCUT2D eigenvalue weighted by molar-refractivity contribution is -0.119. The average Bonchev–Trinajstić information content (AvgIpc) is 2.73. The van der Waals surface area contributed by atoms with Gasteiger partial charge in [-0.1, -0.05) is 0 Å². The Labute approximate surface area is 115 Å². The number of hydrogen-bond acceptors (Lipinski definition) is 2. The molecule has 3 heteroatoms. The van der Waals surface area contributed by atoms with Crippen molar-refractivity contribution >= 4 is 5.91 Å². The minimum Gasteiger partial charge on any atom is -0.356 e. The molecule has 0 aromatic carbocycles. The molecular weight excluding hydrogens is 236 g/mol. The predicted octanol–water partition coefficient (Wildman–Crippen LogP) is 1.93. The monoisotopic (exact) mass is 262 g/mol. The minimum absolute atomic E-state index is 0.238. The zero-order chi connectivity index (χ0) is 12.9. The normalized spacial score (nSPS) is 47.7. The maximum absolute atomic E-state index is 11.2. The van der Waals surface area contributed by atoms with E-state index in [0.717, 1.165) is 37.3 Å². The fourth-order valence-electron chi connectivity index (χ4n) is 5.86. The number of hydrogen-bond donors (Lipinski definition) is 2. The maximum Gasteiger partial charge on any atom is 0.220 e. The molecule has 1 saturated heterocycles. The summed E-state index contributed by atoms with van der Waals surface area (Å²) in [5, 5.41) is 6.65. The topological polar surface area (TPSA) is 41.1 Å². The summed E-state index contributed by atoms with van der Waals surface area (Å²) in [6, 6.07) is 0. The zero-order valence-electron chi connectivity index (χ0n) is 11.8. The molecule has 5 fully saturated rings. The molecule has 0 aromatic heterocycles. The van der Waals surface area contributed by atoms with E-state index in [9.17, 15) is 4.79 Å². The first-order valence-electron chi connectivity index (χ1n) is 8.18. The molecule has 0 radical (unpaired) electrons. The van der Waals surface area contributed by atoms with Crippen LogP contribution < -0.4 is 10.6 Å². The Hall–Kier alpha value is -0.570. The lowest BCUT2D eigenvalue weighted by Crippen LogP contribution is -2.50. The van der Waals surface area contributed by atoms with E-state index in [0.29, 0.717) is 11.3 Å². The van der Waals surface area contributed by atoms with E-state index in [-0.39, 0.29) is 5.91 Å². The summed E-state index contributed by atoms with van der Waals surface area (Å²) >= 11 is 0. The van der Waals surface area contributed by atoms with Crippen molar-refractivity contribution in [2.24, 2.45) is 29.1 Å². The highest BCUT2D eigenvalue weighted by Crippen LogP contribution is 2.59. The molecule has 1 unspecified atom stereocenters. The molecule has 3 nitrogen and oxygen atoms in total. The second-order valence-electron chi connectivity index (χ2n) is 7.92. The second-order valence-corrected chi connectivity index (χ2v) is 7.92. The highest BCUT2D eigenvalue weighted by atomic mass is 16.1. The van der Waals surface area contributed by atoms with Crippen LogP contribution in [0.2, 0.25) is 0 Å². The second kappa shape index (κ2) is 4.47. The molecule has 1 amide bonds. The predicted molar refractivity (Wildman–Crippen MR) is 74.6 cm³/mol. The highest BCUT2D eigenvalue weighted by Gasteiger charge is 2.50. The van der Waals surface area contributed by atoms with Crippen molar-refractivity contribution in [3.05, 3.63) is 0 Å². The zero-order valence-corrected chi connectivity index (χ0v) is 11.8. The van der Waals surface area contributed by atoms with Crippen molar-refractivity contribution in [1.29, 1.82) is 0 Å². The van der Waals surface area contributed by atoms with Crippen LogP contribution in [0.15, 0.2) is 0 Å². The largest absolute Gasteiger partial charge is 0.356 e. The summed E-state index contributed by atoms with van der Waals surface area (Å²) in [6.07, 6.45) is 9.75. The lowest BCUT2D eigenvalue weighted by Gasteiger charge is -2.57. The molecule has 5 aliphatic rings. The summed E-state index contributed by atoms with van der Waals surface area (Å²) in [5.41, 5.74) is 0.630. The van der Waals surface area contributed by atoms with Gasteiger partial charge in [-0.25, -0.2) is 0 Å². The van der Waals surface area contributed by atoms with Gasteiger partial charge in [0.25, 0.3) is 0 Å². The van der Waals surface area contributed by atoms with Gasteiger partial charge >= 0.3 is 0 Å². The van der Waals surface area contributed by atoms with Crippen molar-refractivity contribution in [2.75, 3.05) is 19.6 Å². The van der Waals surface area contributed by atoms with E-state index < -0.39 is 0 Å². The van der Waals surface area contributed by atoms with E-state index in [1.54, 1.807) is 0 Å². The lowest BCUT2D eigenvalue weighted by atomic mass is 9.49. The van der Waals surface area contributed by atoms with Crippen LogP contribution in [0.25, 0.3) is 0 Å². The molecular formula is C16H26N2O. The summed E-state index contributed by atoms with van der Waals surface area (Å²) in [7, 11) is 0. The quantitative estimate of drug-likeness (QED) is 0.813. The smallest absolute Gasteiger partial charge is 0.220 e. The molecule has 5 rings (SSSR count). The van der Waals surface area contributed by atoms with Crippen LogP contribution in [-0.2, 0) is 4.79 Å². The fourth-order valence-corrected chi connectivity index (χ4v) is 5.86. The van der Waals surface area contributed by atoms with Gasteiger partial charge in [0.1, 0.15) is 0 Å². The van der Waals surface area contributed by atoms with Crippen LogP contribution >= 0.6 is 0 Å². The van der Waals surface area contributed by atoms with Crippen LogP contribution in [0.4, 0.5) is 0 Å². The average molecular weight is 262 g/mol. The number of amides is 1. The minimum atomic E-state index is 0.238. The van der Waals surface area contributed by atoms with Gasteiger partial charge in [0.05, 0.1) is 0 Å². The van der Waals surface area contributed by atoms with Crippen molar-refractivity contribution in [1.82, 2.24) is 10.6 Å². The number of nitrogens with one attached hydrogen (secondary N) is 2. The first-order chi connectivity index (χ1) is 9.21. The Balaban J connectivity index is 1.31. The summed E-state index contributed by atoms with van der Waals surface area (Å²) in [6.45, 7) is 3.12. The van der Waals surface area contributed by atoms with Crippen molar-refractivity contribution < 1.29 is 4.79 Å². The van der Waals surface area contributed by atoms with Crippen molar-refractivity contribution in [3.8, 4) is 0 Å². The molecule has 19 heavy (non-hydrogen) atoms. The summed E-state index contributed by atoms with van der Waals surface area (Å²) < 4.78 is 0. The van der Waals surface area contributed by atoms with Gasteiger partial charge in [-0.05, 0) is 67.6 Å². The Morgan fingerprint density at radius 3 is 2.26 bits per heavy atom. The van der Waals surface area contributed by atoms with Crippen LogP contribution in [-0.4, -0.2) is 25.5 Å². The highest BCUT2D eigenvalue weighted by molar-refractivity contribution is 5.78. The number of carbonyl (C=O) groups is 1. The van der Waals surface area contributed by atoms with Crippen molar-refractivity contribution in [3.63, 3.8) is 0 Å². The van der Waals surface area contributed by atoms with E-state index >= 15 is 0 Å². The first-order valence-corrected chi connectivity index (χ1v) is 8.18. The number of carbonyl (C=O) groups excluding carboxylic acids is 1. The maximum atomic E-state index is 11.2. The Morgan fingerprint density at radius 2 is 1.74 bits per heavy atom. The van der Waals surface area contributed by atoms with Gasteiger partial charge in [0, 0.05) is 26.1 Å². The third kappa shape index (κ3) is 2.31. The molecule has 4 aliphatic carbocycles. The first kappa shape index (κ1) is 12.2. The van der Waals surface area contributed by atoms with Gasteiger partial charge in [-0.3, -0.25) is 4.79 Å². The molecule has 4 saturated carbocycles. The standard InChI is InChI=1S/C16H26N2O/c19-15-4-14(9-18-15)8-17-10-16-5-11-1-12(6-16)3-13(2-11)7-16/h11-14,17H,1-10H2,(H,18,19). The van der Waals surface area contributed by atoms with Crippen molar-refractivity contribution in [2.45, 2.75) is 44.9 Å². The molecule has 0 spiro atoms. The SMILES string of the molecule is O=C1CC(CNCC23CC4CC(CC(C4)C2)C3)CN1. The third-order valence-corrected chi connectivity index (χ3v) is 6.16. The molecule has 0 aromatic rings. The van der Waals surface area contributed by atoms with Gasteiger partial charge in [0.15, 0.2) is 0 Å². The van der Waals surface area contributed by atoms with Gasteiger partial charge in [-0.2, -0.15) is 0 Å². The number of rotatable bonds is 4. The molecule has 4 bridgehead atoms. The van der Waals surface area contributed by atoms with E-state index in [1.165, 1.54) is 45.1 Å². The van der Waals surface area contributed by atoms with Crippen LogP contribution in [0.5, 0.6) is 0 Å². The van der Waals surface area contributed by atoms with E-state index in [2.05, 4.69) is 10.6 Å². The molecule has 1 atom stereocenters. The third-order valence-electron chi connectivity index (χ3n) is 6.16. The Bertz CT molecular complexity index is 344. The van der Waals surface area contributed by atoms with Crippen LogP contribution in [0.1, 0.15) is 44.9 Å². The summed E-state index contributed by atoms with van der Waals surface area (Å²) in [5.74, 6) is 3.90. The van der Waals surface area contributed by atoms with Crippen LogP contribution in [0.3, 0.4) is 0 Å². The van der Waals surface area contributed by atoms with Gasteiger partial charge < -0.3 is 10.6 Å². The molecule has 1 heterocycles. The molecule has 106 valence electrons. The summed E-state index contributed by atoms with van der Waals surface area (Å²) in [4.78, 5) is 11.2. The van der Waals surface area contributed by atoms with E-state index in [1.807, 2.05) is 0 Å². The van der Waals surface area contributed by atoms with E-state index in [4.69, 9.17) is 0 Å². The Morgan fingerprint density at radius 1 is 1.11 bits per heavy atom. The fraction of sp³-hybridized carbons (Fsp3) is 0.938. The van der Waals surface area contributed by atoms with Gasteiger partial charge in [-0.15, -0.1) is 0 Å².